The average molecular weight is 450 g/mol. The number of ether oxygens (including phenoxy) is 1. The summed E-state index contributed by atoms with van der Waals surface area (Å²) in [5.41, 5.74) is 12.9. The van der Waals surface area contributed by atoms with Crippen LogP contribution in [0.4, 0.5) is 11.4 Å². The number of anilines is 2. The maximum absolute atomic E-state index is 11.8. The zero-order chi connectivity index (χ0) is 22.9. The van der Waals surface area contributed by atoms with E-state index in [-0.39, 0.29) is 5.75 Å². The Hall–Kier alpha value is -3.45. The molecular weight excluding hydrogens is 422 g/mol. The Morgan fingerprint density at radius 1 is 0.938 bits per heavy atom. The van der Waals surface area contributed by atoms with Gasteiger partial charge in [0.2, 0.25) is 10.0 Å². The van der Waals surface area contributed by atoms with Crippen molar-refractivity contribution in [3.8, 4) is 28.1 Å². The van der Waals surface area contributed by atoms with Crippen LogP contribution < -0.4 is 15.2 Å². The predicted octanol–water partition coefficient (Wildman–Crippen LogP) is 5.35. The molecule has 32 heavy (non-hydrogen) atoms. The van der Waals surface area contributed by atoms with Crippen molar-refractivity contribution in [1.29, 1.82) is 0 Å². The SMILES string of the molecule is CCn1c(-c2ccc(NS(=O)(=O)CC)cc2)c(N)c2cc(-c3cccc(OC)c3)ccc21. The van der Waals surface area contributed by atoms with Crippen LogP contribution in [0.3, 0.4) is 0 Å². The first-order valence-electron chi connectivity index (χ1n) is 10.5. The highest BCUT2D eigenvalue weighted by molar-refractivity contribution is 7.92. The fourth-order valence-corrected chi connectivity index (χ4v) is 4.59. The Kier molecular flexibility index (Phi) is 5.84. The number of aromatic nitrogens is 1. The zero-order valence-corrected chi connectivity index (χ0v) is 19.2. The molecule has 1 heterocycles. The number of nitrogens with two attached hydrogens (primary N) is 1. The van der Waals surface area contributed by atoms with E-state index in [1.165, 1.54) is 0 Å². The lowest BCUT2D eigenvalue weighted by Crippen LogP contribution is -2.14. The van der Waals surface area contributed by atoms with Gasteiger partial charge in [0.1, 0.15) is 5.75 Å². The average Bonchev–Trinajstić information content (AvgIpc) is 3.10. The number of rotatable bonds is 7. The van der Waals surface area contributed by atoms with E-state index in [4.69, 9.17) is 10.5 Å². The number of sulfonamides is 1. The van der Waals surface area contributed by atoms with Crippen molar-refractivity contribution in [3.05, 3.63) is 66.7 Å². The molecule has 0 fully saturated rings. The number of nitrogens with one attached hydrogen (secondary N) is 1. The third-order valence-electron chi connectivity index (χ3n) is 5.63. The molecule has 0 saturated heterocycles. The normalized spacial score (nSPS) is 11.6. The van der Waals surface area contributed by atoms with Crippen LogP contribution in [0.2, 0.25) is 0 Å². The molecule has 0 amide bonds. The molecule has 0 saturated carbocycles. The molecule has 0 aliphatic heterocycles. The van der Waals surface area contributed by atoms with Gasteiger partial charge in [0.25, 0.3) is 0 Å². The molecule has 3 aromatic carbocycles. The number of hydrogen-bond donors (Lipinski definition) is 2. The van der Waals surface area contributed by atoms with Crippen molar-refractivity contribution in [2.45, 2.75) is 20.4 Å². The summed E-state index contributed by atoms with van der Waals surface area (Å²) in [6.45, 7) is 4.45. The number of hydrogen-bond acceptors (Lipinski definition) is 4. The van der Waals surface area contributed by atoms with Gasteiger partial charge in [0.05, 0.1) is 29.8 Å². The van der Waals surface area contributed by atoms with Crippen molar-refractivity contribution in [1.82, 2.24) is 4.57 Å². The lowest BCUT2D eigenvalue weighted by Gasteiger charge is -2.11. The van der Waals surface area contributed by atoms with Gasteiger partial charge in [-0.25, -0.2) is 8.42 Å². The minimum Gasteiger partial charge on any atom is -0.497 e. The van der Waals surface area contributed by atoms with Crippen molar-refractivity contribution < 1.29 is 13.2 Å². The summed E-state index contributed by atoms with van der Waals surface area (Å²) in [5.74, 6) is 0.836. The molecule has 6 nitrogen and oxygen atoms in total. The van der Waals surface area contributed by atoms with E-state index in [0.717, 1.165) is 45.6 Å². The summed E-state index contributed by atoms with van der Waals surface area (Å²) in [7, 11) is -1.66. The van der Waals surface area contributed by atoms with E-state index in [2.05, 4.69) is 34.4 Å². The molecule has 0 spiro atoms. The van der Waals surface area contributed by atoms with Crippen LogP contribution in [0.15, 0.2) is 66.7 Å². The van der Waals surface area contributed by atoms with Gasteiger partial charge in [-0.1, -0.05) is 30.3 Å². The summed E-state index contributed by atoms with van der Waals surface area (Å²) in [6.07, 6.45) is 0. The summed E-state index contributed by atoms with van der Waals surface area (Å²) < 4.78 is 33.8. The second-order valence-corrected chi connectivity index (χ2v) is 9.56. The van der Waals surface area contributed by atoms with Crippen LogP contribution in [-0.4, -0.2) is 25.8 Å². The maximum Gasteiger partial charge on any atom is 0.232 e. The second kappa shape index (κ2) is 8.59. The molecule has 3 N–H and O–H groups in total. The van der Waals surface area contributed by atoms with Crippen molar-refractivity contribution in [3.63, 3.8) is 0 Å². The molecule has 4 aromatic rings. The Morgan fingerprint density at radius 3 is 2.28 bits per heavy atom. The first kappa shape index (κ1) is 21.8. The van der Waals surface area contributed by atoms with Crippen LogP contribution in [0.1, 0.15) is 13.8 Å². The van der Waals surface area contributed by atoms with Crippen LogP contribution in [-0.2, 0) is 16.6 Å². The van der Waals surface area contributed by atoms with E-state index in [1.54, 1.807) is 26.2 Å². The summed E-state index contributed by atoms with van der Waals surface area (Å²) >= 11 is 0. The quantitative estimate of drug-likeness (QED) is 0.398. The number of aryl methyl sites for hydroxylation is 1. The Balaban J connectivity index is 1.79. The van der Waals surface area contributed by atoms with Gasteiger partial charge < -0.3 is 15.0 Å². The molecular formula is C25H27N3O3S. The van der Waals surface area contributed by atoms with E-state index >= 15 is 0 Å². The predicted molar refractivity (Wildman–Crippen MR) is 133 cm³/mol. The van der Waals surface area contributed by atoms with Crippen molar-refractivity contribution in [2.24, 2.45) is 0 Å². The van der Waals surface area contributed by atoms with E-state index in [1.807, 2.05) is 36.4 Å². The number of nitrogens with zero attached hydrogens (tertiary/aromatic N) is 1. The van der Waals surface area contributed by atoms with Crippen LogP contribution in [0, 0.1) is 0 Å². The molecule has 166 valence electrons. The molecule has 0 aliphatic rings. The molecule has 0 unspecified atom stereocenters. The highest BCUT2D eigenvalue weighted by Gasteiger charge is 2.17. The van der Waals surface area contributed by atoms with Crippen LogP contribution in [0.5, 0.6) is 5.75 Å². The highest BCUT2D eigenvalue weighted by Crippen LogP contribution is 2.38. The van der Waals surface area contributed by atoms with Crippen LogP contribution >= 0.6 is 0 Å². The maximum atomic E-state index is 11.8. The fourth-order valence-electron chi connectivity index (χ4n) is 3.95. The van der Waals surface area contributed by atoms with Gasteiger partial charge in [-0.05, 0) is 61.4 Å². The van der Waals surface area contributed by atoms with Gasteiger partial charge in [-0.3, -0.25) is 4.72 Å². The van der Waals surface area contributed by atoms with E-state index in [0.29, 0.717) is 11.4 Å². The summed E-state index contributed by atoms with van der Waals surface area (Å²) in [5, 5.41) is 0.984. The minimum absolute atomic E-state index is 0.0292. The van der Waals surface area contributed by atoms with Gasteiger partial charge >= 0.3 is 0 Å². The van der Waals surface area contributed by atoms with Gasteiger partial charge in [0, 0.05) is 23.2 Å². The Labute approximate surface area is 188 Å². The lowest BCUT2D eigenvalue weighted by molar-refractivity contribution is 0.415. The van der Waals surface area contributed by atoms with Gasteiger partial charge in [-0.2, -0.15) is 0 Å². The lowest BCUT2D eigenvalue weighted by atomic mass is 10.0. The zero-order valence-electron chi connectivity index (χ0n) is 18.4. The minimum atomic E-state index is -3.32. The Bertz CT molecular complexity index is 1370. The number of benzene rings is 3. The standard InChI is InChI=1S/C25H27N3O3S/c1-4-28-23-14-11-19(18-7-6-8-21(15-18)31-3)16-22(23)24(26)25(28)17-9-12-20(13-10-17)27-32(29,30)5-2/h6-16,27H,4-5,26H2,1-3H3. The summed E-state index contributed by atoms with van der Waals surface area (Å²) in [6, 6.07) is 21.6. The summed E-state index contributed by atoms with van der Waals surface area (Å²) in [4.78, 5) is 0. The topological polar surface area (TPSA) is 86.4 Å². The molecule has 0 aliphatic carbocycles. The molecule has 0 bridgehead atoms. The third-order valence-corrected chi connectivity index (χ3v) is 6.94. The first-order valence-corrected chi connectivity index (χ1v) is 12.2. The van der Waals surface area contributed by atoms with Crippen LogP contribution in [0.25, 0.3) is 33.3 Å². The van der Waals surface area contributed by atoms with E-state index in [9.17, 15) is 8.42 Å². The molecule has 1 aromatic heterocycles. The smallest absolute Gasteiger partial charge is 0.232 e. The van der Waals surface area contributed by atoms with Crippen molar-refractivity contribution in [2.75, 3.05) is 23.3 Å². The number of nitrogen functional groups attached to an aromatic ring is 1. The first-order chi connectivity index (χ1) is 15.4. The largest absolute Gasteiger partial charge is 0.497 e. The third kappa shape index (κ3) is 4.03. The molecule has 0 atom stereocenters. The number of methoxy groups -OCH3 is 1. The molecule has 0 radical (unpaired) electrons. The van der Waals surface area contributed by atoms with Gasteiger partial charge in [0.15, 0.2) is 0 Å². The Morgan fingerprint density at radius 2 is 1.62 bits per heavy atom. The van der Waals surface area contributed by atoms with E-state index < -0.39 is 10.0 Å². The fraction of sp³-hybridized carbons (Fsp3) is 0.200. The van der Waals surface area contributed by atoms with Crippen molar-refractivity contribution >= 4 is 32.3 Å². The number of fused-ring (bicyclic) bond motifs is 1. The molecule has 7 heteroatoms. The highest BCUT2D eigenvalue weighted by atomic mass is 32.2. The van der Waals surface area contributed by atoms with Gasteiger partial charge in [-0.15, -0.1) is 0 Å². The molecule has 4 rings (SSSR count). The monoisotopic (exact) mass is 449 g/mol. The second-order valence-electron chi connectivity index (χ2n) is 7.55.